The van der Waals surface area contributed by atoms with E-state index in [9.17, 15) is 14.3 Å². The van der Waals surface area contributed by atoms with Gasteiger partial charge in [0, 0.05) is 30.8 Å². The van der Waals surface area contributed by atoms with Crippen LogP contribution in [0.3, 0.4) is 0 Å². The summed E-state index contributed by atoms with van der Waals surface area (Å²) in [6.45, 7) is 1.63. The second-order valence-corrected chi connectivity index (χ2v) is 5.29. The summed E-state index contributed by atoms with van der Waals surface area (Å²) in [5.74, 6) is 0.0259. The van der Waals surface area contributed by atoms with Crippen LogP contribution in [-0.2, 0) is 0 Å². The molecule has 0 saturated heterocycles. The minimum atomic E-state index is -1.13. The van der Waals surface area contributed by atoms with Gasteiger partial charge >= 0.3 is 6.03 Å². The summed E-state index contributed by atoms with van der Waals surface area (Å²) in [6, 6.07) is 10.5. The third kappa shape index (κ3) is 3.52. The summed E-state index contributed by atoms with van der Waals surface area (Å²) in [7, 11) is 0. The molecule has 1 heterocycles. The number of aromatic nitrogens is 1. The van der Waals surface area contributed by atoms with Crippen LogP contribution < -0.4 is 10.6 Å². The van der Waals surface area contributed by atoms with Gasteiger partial charge in [0.1, 0.15) is 11.3 Å². The van der Waals surface area contributed by atoms with Gasteiger partial charge in [0.25, 0.3) is 0 Å². The van der Waals surface area contributed by atoms with Gasteiger partial charge in [-0.3, -0.25) is 0 Å². The van der Waals surface area contributed by atoms with Crippen LogP contribution in [-0.4, -0.2) is 22.7 Å². The maximum atomic E-state index is 13.6. The van der Waals surface area contributed by atoms with Crippen LogP contribution in [0.2, 0.25) is 0 Å². The van der Waals surface area contributed by atoms with Crippen molar-refractivity contribution in [1.29, 1.82) is 0 Å². The molecular formula is C17H16FN3O3. The van der Waals surface area contributed by atoms with Crippen LogP contribution in [0.4, 0.5) is 14.9 Å². The molecule has 0 saturated carbocycles. The van der Waals surface area contributed by atoms with Crippen molar-refractivity contribution in [2.45, 2.75) is 13.0 Å². The number of aryl methyl sites for hydroxylation is 1. The zero-order chi connectivity index (χ0) is 17.1. The average molecular weight is 329 g/mol. The highest BCUT2D eigenvalue weighted by Crippen LogP contribution is 2.20. The van der Waals surface area contributed by atoms with Crippen molar-refractivity contribution < 1.29 is 18.7 Å². The van der Waals surface area contributed by atoms with E-state index in [1.54, 1.807) is 31.2 Å². The van der Waals surface area contributed by atoms with Gasteiger partial charge in [-0.15, -0.1) is 0 Å². The molecule has 3 aromatic rings. The number of oxazole rings is 1. The number of carbonyl (C=O) groups excluding carboxylic acids is 1. The van der Waals surface area contributed by atoms with E-state index >= 15 is 0 Å². The molecule has 24 heavy (non-hydrogen) atoms. The lowest BCUT2D eigenvalue weighted by atomic mass is 10.1. The van der Waals surface area contributed by atoms with E-state index in [-0.39, 0.29) is 12.1 Å². The average Bonchev–Trinajstić information content (AvgIpc) is 2.92. The number of benzene rings is 2. The number of fused-ring (bicyclic) bond motifs is 1. The van der Waals surface area contributed by atoms with Crippen molar-refractivity contribution in [3.05, 3.63) is 59.7 Å². The highest BCUT2D eigenvalue weighted by Gasteiger charge is 2.13. The molecule has 7 heteroatoms. The quantitative estimate of drug-likeness (QED) is 0.686. The summed E-state index contributed by atoms with van der Waals surface area (Å²) < 4.78 is 19.0. The molecule has 2 amide bonds. The Morgan fingerprint density at radius 1 is 1.33 bits per heavy atom. The Balaban J connectivity index is 1.59. The van der Waals surface area contributed by atoms with Gasteiger partial charge < -0.3 is 20.2 Å². The number of halogens is 1. The van der Waals surface area contributed by atoms with Gasteiger partial charge in [0.15, 0.2) is 11.5 Å². The maximum absolute atomic E-state index is 13.6. The van der Waals surface area contributed by atoms with Crippen LogP contribution in [0.15, 0.2) is 46.9 Å². The van der Waals surface area contributed by atoms with Crippen LogP contribution >= 0.6 is 0 Å². The Bertz CT molecular complexity index is 878. The fourth-order valence-electron chi connectivity index (χ4n) is 2.34. The van der Waals surface area contributed by atoms with Crippen molar-refractivity contribution in [2.24, 2.45) is 0 Å². The van der Waals surface area contributed by atoms with Crippen molar-refractivity contribution in [1.82, 2.24) is 10.3 Å². The number of hydrogen-bond donors (Lipinski definition) is 3. The van der Waals surface area contributed by atoms with Crippen molar-refractivity contribution >= 4 is 22.8 Å². The summed E-state index contributed by atoms with van der Waals surface area (Å²) in [5, 5.41) is 15.1. The van der Waals surface area contributed by atoms with Gasteiger partial charge in [-0.1, -0.05) is 18.2 Å². The molecule has 2 aromatic carbocycles. The number of nitrogens with zero attached hydrogens (tertiary/aromatic N) is 1. The fraction of sp³-hybridized carbons (Fsp3) is 0.176. The first-order valence-corrected chi connectivity index (χ1v) is 7.37. The molecule has 0 aliphatic heterocycles. The second kappa shape index (κ2) is 6.67. The number of urea groups is 1. The molecular weight excluding hydrogens is 313 g/mol. The highest BCUT2D eigenvalue weighted by atomic mass is 19.1. The largest absolute Gasteiger partial charge is 0.441 e. The number of amides is 2. The van der Waals surface area contributed by atoms with Gasteiger partial charge in [0.05, 0.1) is 6.10 Å². The van der Waals surface area contributed by atoms with E-state index in [1.165, 1.54) is 18.2 Å². The molecule has 3 rings (SSSR count). The summed E-state index contributed by atoms with van der Waals surface area (Å²) in [4.78, 5) is 16.1. The van der Waals surface area contributed by atoms with Gasteiger partial charge in [-0.25, -0.2) is 14.2 Å². The lowest BCUT2D eigenvalue weighted by Crippen LogP contribution is -2.32. The SMILES string of the molecule is Cc1nc2ccc(NC(=O)NCC(O)c3ccccc3F)cc2o1. The maximum Gasteiger partial charge on any atom is 0.319 e. The molecule has 6 nitrogen and oxygen atoms in total. The zero-order valence-electron chi connectivity index (χ0n) is 12.9. The van der Waals surface area contributed by atoms with E-state index in [0.717, 1.165) is 0 Å². The molecule has 3 N–H and O–H groups in total. The molecule has 0 fully saturated rings. The minimum absolute atomic E-state index is 0.115. The minimum Gasteiger partial charge on any atom is -0.441 e. The number of anilines is 1. The highest BCUT2D eigenvalue weighted by molar-refractivity contribution is 5.91. The smallest absolute Gasteiger partial charge is 0.319 e. The number of nitrogens with one attached hydrogen (secondary N) is 2. The van der Waals surface area contributed by atoms with Crippen molar-refractivity contribution in [3.63, 3.8) is 0 Å². The van der Waals surface area contributed by atoms with Gasteiger partial charge in [-0.05, 0) is 18.2 Å². The molecule has 0 bridgehead atoms. The van der Waals surface area contributed by atoms with Crippen LogP contribution in [0.25, 0.3) is 11.1 Å². The normalized spacial score (nSPS) is 12.1. The number of aliphatic hydroxyl groups excluding tert-OH is 1. The topological polar surface area (TPSA) is 87.4 Å². The van der Waals surface area contributed by atoms with Crippen molar-refractivity contribution in [3.8, 4) is 0 Å². The fourth-order valence-corrected chi connectivity index (χ4v) is 2.34. The standard InChI is InChI=1S/C17H16FN3O3/c1-10-20-14-7-6-11(8-16(14)24-10)21-17(23)19-9-15(22)12-4-2-3-5-13(12)18/h2-8,15,22H,9H2,1H3,(H2,19,21,23). The first kappa shape index (κ1) is 15.9. The zero-order valence-corrected chi connectivity index (χ0v) is 12.9. The van der Waals surface area contributed by atoms with Crippen LogP contribution in [0.5, 0.6) is 0 Å². The van der Waals surface area contributed by atoms with Crippen molar-refractivity contribution in [2.75, 3.05) is 11.9 Å². The van der Waals surface area contributed by atoms with Crippen LogP contribution in [0.1, 0.15) is 17.6 Å². The predicted molar refractivity (Wildman–Crippen MR) is 87.1 cm³/mol. The van der Waals surface area contributed by atoms with Gasteiger partial charge in [0.2, 0.25) is 0 Å². The van der Waals surface area contributed by atoms with E-state index < -0.39 is 18.0 Å². The molecule has 1 aromatic heterocycles. The molecule has 0 spiro atoms. The summed E-state index contributed by atoms with van der Waals surface area (Å²) >= 11 is 0. The monoisotopic (exact) mass is 329 g/mol. The number of rotatable bonds is 4. The Morgan fingerprint density at radius 3 is 2.92 bits per heavy atom. The van der Waals surface area contributed by atoms with E-state index in [1.807, 2.05) is 0 Å². The van der Waals surface area contributed by atoms with E-state index in [2.05, 4.69) is 15.6 Å². The summed E-state index contributed by atoms with van der Waals surface area (Å²) in [6.07, 6.45) is -1.13. The van der Waals surface area contributed by atoms with E-state index in [0.29, 0.717) is 22.7 Å². The lowest BCUT2D eigenvalue weighted by molar-refractivity contribution is 0.170. The first-order valence-electron chi connectivity index (χ1n) is 7.37. The third-order valence-corrected chi connectivity index (χ3v) is 3.47. The van der Waals surface area contributed by atoms with E-state index in [4.69, 9.17) is 4.42 Å². The second-order valence-electron chi connectivity index (χ2n) is 5.29. The number of carbonyl (C=O) groups is 1. The van der Waals surface area contributed by atoms with Gasteiger partial charge in [-0.2, -0.15) is 0 Å². The number of hydrogen-bond acceptors (Lipinski definition) is 4. The first-order chi connectivity index (χ1) is 11.5. The Morgan fingerprint density at radius 2 is 2.12 bits per heavy atom. The predicted octanol–water partition coefficient (Wildman–Crippen LogP) is 3.13. The molecule has 1 unspecified atom stereocenters. The third-order valence-electron chi connectivity index (χ3n) is 3.47. The molecule has 0 radical (unpaired) electrons. The van der Waals surface area contributed by atoms with Crippen LogP contribution in [0, 0.1) is 12.7 Å². The Hall–Kier alpha value is -2.93. The Kier molecular flexibility index (Phi) is 4.43. The molecule has 0 aliphatic rings. The molecule has 1 atom stereocenters. The molecule has 124 valence electrons. The Labute approximate surface area is 137 Å². The lowest BCUT2D eigenvalue weighted by Gasteiger charge is -2.13. The summed E-state index contributed by atoms with van der Waals surface area (Å²) in [5.41, 5.74) is 1.93. The number of aliphatic hydroxyl groups is 1. The molecule has 0 aliphatic carbocycles.